The van der Waals surface area contributed by atoms with Crippen LogP contribution in [-0.4, -0.2) is 60.1 Å². The van der Waals surface area contributed by atoms with Crippen molar-refractivity contribution in [3.63, 3.8) is 0 Å². The van der Waals surface area contributed by atoms with Gasteiger partial charge in [0.2, 0.25) is 0 Å². The summed E-state index contributed by atoms with van der Waals surface area (Å²) >= 11 is 16.1. The zero-order valence-corrected chi connectivity index (χ0v) is 26.3. The number of likely N-dealkylation sites (tertiary alicyclic amines) is 1. The molecule has 0 bridgehead atoms. The van der Waals surface area contributed by atoms with Crippen LogP contribution in [0.3, 0.4) is 0 Å². The molecule has 2 saturated carbocycles. The lowest BCUT2D eigenvalue weighted by atomic mass is 9.94. The molecule has 4 aliphatic rings. The fraction of sp³-hybridized carbons (Fsp3) is 0.387. The lowest BCUT2D eigenvalue weighted by Gasteiger charge is -2.27. The maximum absolute atomic E-state index is 14.2. The topological polar surface area (TPSA) is 89.2 Å². The number of rotatable bonds is 6. The molecule has 2 amide bonds. The van der Waals surface area contributed by atoms with E-state index in [-0.39, 0.29) is 35.2 Å². The van der Waals surface area contributed by atoms with Gasteiger partial charge in [0.05, 0.1) is 39.4 Å². The van der Waals surface area contributed by atoms with Crippen LogP contribution in [0.5, 0.6) is 0 Å². The smallest absolute Gasteiger partial charge is 0.257 e. The zero-order chi connectivity index (χ0) is 29.5. The third-order valence-electron chi connectivity index (χ3n) is 9.49. The Kier molecular flexibility index (Phi) is 6.47. The third kappa shape index (κ3) is 4.52. The van der Waals surface area contributed by atoms with Crippen molar-refractivity contribution in [1.29, 1.82) is 0 Å². The Morgan fingerprint density at radius 3 is 2.51 bits per heavy atom. The minimum atomic E-state index is -0.384. The molecule has 2 atom stereocenters. The Balaban J connectivity index is 1.03. The lowest BCUT2D eigenvalue weighted by molar-refractivity contribution is -0.120. The van der Waals surface area contributed by atoms with E-state index in [2.05, 4.69) is 31.3 Å². The average molecular weight is 681 g/mol. The third-order valence-corrected chi connectivity index (χ3v) is 10.6. The first-order valence-electron chi connectivity index (χ1n) is 14.7. The van der Waals surface area contributed by atoms with Crippen molar-refractivity contribution in [3.8, 4) is 5.69 Å². The molecule has 12 heteroatoms. The number of benzene rings is 2. The van der Waals surface area contributed by atoms with Gasteiger partial charge in [-0.3, -0.25) is 9.59 Å². The molecule has 2 aromatic carbocycles. The fourth-order valence-electron chi connectivity index (χ4n) is 7.06. The standard InChI is InChI=1S/C31H28BrCl2N7O2/c32-19-3-6-21(7-4-19)38-13-10-27(30(38)43)40-17-25(36-37-40)23-9-14-39(31(23)11-12-31)29(42)22-16-35-41(28(22)18-1-2-18)26-8-5-20(33)15-24(26)34/h3-8,15-18,23,27H,1-2,9-14H2. The summed E-state index contributed by atoms with van der Waals surface area (Å²) in [4.78, 5) is 31.4. The van der Waals surface area contributed by atoms with Crippen LogP contribution < -0.4 is 4.90 Å². The largest absolute Gasteiger partial charge is 0.332 e. The van der Waals surface area contributed by atoms with Crippen LogP contribution in [0.1, 0.15) is 78.1 Å². The van der Waals surface area contributed by atoms with E-state index in [1.54, 1.807) is 23.0 Å². The maximum atomic E-state index is 14.2. The molecule has 43 heavy (non-hydrogen) atoms. The van der Waals surface area contributed by atoms with Crippen molar-refractivity contribution in [2.24, 2.45) is 0 Å². The summed E-state index contributed by atoms with van der Waals surface area (Å²) in [7, 11) is 0. The summed E-state index contributed by atoms with van der Waals surface area (Å²) in [6, 6.07) is 12.7. The number of halogens is 3. The first-order valence-corrected chi connectivity index (χ1v) is 16.2. The van der Waals surface area contributed by atoms with Crippen molar-refractivity contribution in [2.45, 2.75) is 61.9 Å². The second-order valence-corrected chi connectivity index (χ2v) is 13.8. The van der Waals surface area contributed by atoms with Crippen LogP contribution in [0.25, 0.3) is 5.69 Å². The summed E-state index contributed by atoms with van der Waals surface area (Å²) in [5, 5.41) is 14.7. The Hall–Kier alpha value is -3.21. The molecule has 4 aromatic rings. The van der Waals surface area contributed by atoms with Crippen LogP contribution in [0, 0.1) is 0 Å². The van der Waals surface area contributed by atoms with E-state index >= 15 is 0 Å². The summed E-state index contributed by atoms with van der Waals surface area (Å²) in [6.07, 6.45) is 9.00. The molecule has 1 spiro atoms. The van der Waals surface area contributed by atoms with Gasteiger partial charge in [0, 0.05) is 46.3 Å². The minimum absolute atomic E-state index is 0.0155. The van der Waals surface area contributed by atoms with Gasteiger partial charge in [-0.05, 0) is 81.0 Å². The fourth-order valence-corrected chi connectivity index (χ4v) is 7.82. The zero-order valence-electron chi connectivity index (χ0n) is 23.2. The predicted molar refractivity (Wildman–Crippen MR) is 166 cm³/mol. The molecule has 9 nitrogen and oxygen atoms in total. The van der Waals surface area contributed by atoms with Gasteiger partial charge in [0.25, 0.3) is 11.8 Å². The van der Waals surface area contributed by atoms with Gasteiger partial charge in [0.1, 0.15) is 6.04 Å². The maximum Gasteiger partial charge on any atom is 0.257 e. The molecule has 0 radical (unpaired) electrons. The van der Waals surface area contributed by atoms with Gasteiger partial charge < -0.3 is 9.80 Å². The number of nitrogens with zero attached hydrogens (tertiary/aromatic N) is 7. The second-order valence-electron chi connectivity index (χ2n) is 12.0. The Bertz CT molecular complexity index is 1760. The molecule has 4 fully saturated rings. The van der Waals surface area contributed by atoms with E-state index in [1.165, 1.54) is 0 Å². The van der Waals surface area contributed by atoms with Crippen molar-refractivity contribution in [2.75, 3.05) is 18.0 Å². The molecule has 0 N–H and O–H groups in total. The molecule has 2 aromatic heterocycles. The Labute approximate surface area is 266 Å². The van der Waals surface area contributed by atoms with E-state index in [0.717, 1.165) is 59.3 Å². The summed E-state index contributed by atoms with van der Waals surface area (Å²) < 4.78 is 4.52. The monoisotopic (exact) mass is 679 g/mol. The van der Waals surface area contributed by atoms with Crippen LogP contribution in [-0.2, 0) is 4.79 Å². The van der Waals surface area contributed by atoms with Crippen LogP contribution >= 0.6 is 39.1 Å². The van der Waals surface area contributed by atoms with Gasteiger partial charge >= 0.3 is 0 Å². The van der Waals surface area contributed by atoms with Crippen LogP contribution in [0.2, 0.25) is 10.0 Å². The number of anilines is 1. The van der Waals surface area contributed by atoms with Gasteiger partial charge in [-0.25, -0.2) is 9.36 Å². The lowest BCUT2D eigenvalue weighted by Crippen LogP contribution is -2.39. The number of hydrogen-bond acceptors (Lipinski definition) is 5. The molecule has 2 aliphatic heterocycles. The SMILES string of the molecule is O=C1C(n2cc(C3CCN(C(=O)c4cnn(-c5ccc(Cl)cc5Cl)c4C4CC4)C34CC4)nn2)CCN1c1ccc(Br)cc1. The molecule has 4 heterocycles. The highest BCUT2D eigenvalue weighted by Gasteiger charge is 2.60. The molecule has 220 valence electrons. The van der Waals surface area contributed by atoms with Crippen LogP contribution in [0.4, 0.5) is 5.69 Å². The molecule has 2 saturated heterocycles. The normalized spacial score (nSPS) is 22.6. The molecular weight excluding hydrogens is 653 g/mol. The number of aromatic nitrogens is 5. The summed E-state index contributed by atoms with van der Waals surface area (Å²) in [5.41, 5.74) is 3.76. The molecule has 8 rings (SSSR count). The number of carbonyl (C=O) groups is 2. The predicted octanol–water partition coefficient (Wildman–Crippen LogP) is 6.55. The second kappa shape index (κ2) is 10.2. The Morgan fingerprint density at radius 1 is 1.00 bits per heavy atom. The van der Waals surface area contributed by atoms with E-state index < -0.39 is 0 Å². The van der Waals surface area contributed by atoms with Crippen molar-refractivity contribution >= 4 is 56.6 Å². The molecule has 2 aliphatic carbocycles. The van der Waals surface area contributed by atoms with E-state index in [4.69, 9.17) is 23.2 Å². The number of carbonyl (C=O) groups excluding carboxylic acids is 2. The first-order chi connectivity index (χ1) is 20.8. The molecular formula is C31H28BrCl2N7O2. The molecule has 2 unspecified atom stereocenters. The summed E-state index contributed by atoms with van der Waals surface area (Å²) in [5.74, 6) is 0.396. The highest BCUT2D eigenvalue weighted by atomic mass is 79.9. The van der Waals surface area contributed by atoms with Crippen molar-refractivity contribution < 1.29 is 9.59 Å². The number of hydrogen-bond donors (Lipinski definition) is 0. The van der Waals surface area contributed by atoms with Crippen LogP contribution in [0.15, 0.2) is 59.3 Å². The van der Waals surface area contributed by atoms with E-state index in [9.17, 15) is 9.59 Å². The van der Waals surface area contributed by atoms with E-state index in [0.29, 0.717) is 35.1 Å². The average Bonchev–Trinajstić information content (AvgIpc) is 3.77. The van der Waals surface area contributed by atoms with Gasteiger partial charge in [-0.15, -0.1) is 5.10 Å². The highest BCUT2D eigenvalue weighted by molar-refractivity contribution is 9.10. The quantitative estimate of drug-likeness (QED) is 0.231. The van der Waals surface area contributed by atoms with Crippen molar-refractivity contribution in [1.82, 2.24) is 29.7 Å². The van der Waals surface area contributed by atoms with Gasteiger partial charge in [0.15, 0.2) is 0 Å². The first kappa shape index (κ1) is 27.3. The Morgan fingerprint density at radius 2 is 1.79 bits per heavy atom. The highest BCUT2D eigenvalue weighted by Crippen LogP contribution is 2.58. The number of amides is 2. The van der Waals surface area contributed by atoms with Crippen molar-refractivity contribution in [3.05, 3.63) is 86.3 Å². The summed E-state index contributed by atoms with van der Waals surface area (Å²) in [6.45, 7) is 1.28. The van der Waals surface area contributed by atoms with Gasteiger partial charge in [-0.1, -0.05) is 44.3 Å². The minimum Gasteiger partial charge on any atom is -0.332 e. The van der Waals surface area contributed by atoms with Gasteiger partial charge in [-0.2, -0.15) is 5.10 Å². The van der Waals surface area contributed by atoms with E-state index in [1.807, 2.05) is 51.0 Å².